The van der Waals surface area contributed by atoms with Gasteiger partial charge in [0.2, 0.25) is 0 Å². The average molecular weight is 206 g/mol. The van der Waals surface area contributed by atoms with Crippen molar-refractivity contribution in [3.63, 3.8) is 0 Å². The summed E-state index contributed by atoms with van der Waals surface area (Å²) >= 11 is 0. The number of rotatable bonds is 2. The van der Waals surface area contributed by atoms with E-state index < -0.39 is 0 Å². The molecule has 82 valence electrons. The van der Waals surface area contributed by atoms with E-state index in [1.54, 1.807) is 0 Å². The van der Waals surface area contributed by atoms with Crippen molar-refractivity contribution >= 4 is 5.97 Å². The molecule has 0 amide bonds. The second kappa shape index (κ2) is 3.84. The highest BCUT2D eigenvalue weighted by Gasteiger charge is 2.30. The first kappa shape index (κ1) is 10.5. The quantitative estimate of drug-likeness (QED) is 0.648. The molecule has 2 rings (SSSR count). The number of fused-ring (bicyclic) bond motifs is 1. The van der Waals surface area contributed by atoms with Crippen LogP contribution in [0.5, 0.6) is 0 Å². The summed E-state index contributed by atoms with van der Waals surface area (Å²) in [6.07, 6.45) is 5.49. The Hall–Kier alpha value is -1.05. The third-order valence-corrected chi connectivity index (χ3v) is 3.19. The van der Waals surface area contributed by atoms with Gasteiger partial charge in [0.1, 0.15) is 5.76 Å². The Bertz CT molecular complexity index is 348. The second-order valence-electron chi connectivity index (χ2n) is 4.95. The van der Waals surface area contributed by atoms with E-state index in [-0.39, 0.29) is 5.97 Å². The lowest BCUT2D eigenvalue weighted by Gasteiger charge is -2.21. The van der Waals surface area contributed by atoms with E-state index in [9.17, 15) is 4.79 Å². The monoisotopic (exact) mass is 206 g/mol. The normalized spacial score (nSPS) is 25.5. The first-order valence-corrected chi connectivity index (χ1v) is 5.72. The first-order valence-electron chi connectivity index (χ1n) is 5.72. The molecule has 1 aliphatic carbocycles. The highest BCUT2D eigenvalue weighted by atomic mass is 16.5. The number of carbonyl (C=O) groups is 1. The van der Waals surface area contributed by atoms with E-state index in [0.29, 0.717) is 11.8 Å². The number of carbonyl (C=O) groups excluding carboxylic acids is 1. The van der Waals surface area contributed by atoms with Crippen LogP contribution in [0.3, 0.4) is 0 Å². The van der Waals surface area contributed by atoms with Crippen molar-refractivity contribution in [1.82, 2.24) is 0 Å². The Balaban J connectivity index is 2.17. The molecule has 2 heteroatoms. The van der Waals surface area contributed by atoms with Gasteiger partial charge >= 0.3 is 5.97 Å². The van der Waals surface area contributed by atoms with E-state index in [1.165, 1.54) is 6.42 Å². The fraction of sp³-hybridized carbons (Fsp3) is 0.615. The lowest BCUT2D eigenvalue weighted by molar-refractivity contribution is -0.133. The highest BCUT2D eigenvalue weighted by molar-refractivity contribution is 5.94. The third-order valence-electron chi connectivity index (χ3n) is 3.19. The van der Waals surface area contributed by atoms with E-state index in [0.717, 1.165) is 29.7 Å². The van der Waals surface area contributed by atoms with Crippen molar-refractivity contribution in [3.8, 4) is 0 Å². The molecule has 15 heavy (non-hydrogen) atoms. The number of allylic oxidation sites excluding steroid dienone is 2. The maximum Gasteiger partial charge on any atom is 0.339 e. The molecule has 0 N–H and O–H groups in total. The van der Waals surface area contributed by atoms with Gasteiger partial charge in [-0.3, -0.25) is 0 Å². The van der Waals surface area contributed by atoms with Crippen LogP contribution in [0.15, 0.2) is 23.0 Å². The topological polar surface area (TPSA) is 26.3 Å². The molecule has 0 saturated heterocycles. The van der Waals surface area contributed by atoms with Gasteiger partial charge in [-0.25, -0.2) is 4.79 Å². The predicted octanol–water partition coefficient (Wildman–Crippen LogP) is 3.20. The average Bonchev–Trinajstić information content (AvgIpc) is 2.41. The molecule has 1 heterocycles. The van der Waals surface area contributed by atoms with Gasteiger partial charge < -0.3 is 4.74 Å². The molecule has 1 unspecified atom stereocenters. The van der Waals surface area contributed by atoms with Gasteiger partial charge in [0, 0.05) is 11.1 Å². The van der Waals surface area contributed by atoms with Gasteiger partial charge in [0.15, 0.2) is 0 Å². The zero-order chi connectivity index (χ0) is 11.0. The van der Waals surface area contributed by atoms with Crippen molar-refractivity contribution < 1.29 is 9.53 Å². The van der Waals surface area contributed by atoms with Crippen LogP contribution in [-0.2, 0) is 9.53 Å². The number of esters is 1. The van der Waals surface area contributed by atoms with Gasteiger partial charge in [-0.05, 0) is 44.1 Å². The molecule has 0 fully saturated rings. The summed E-state index contributed by atoms with van der Waals surface area (Å²) in [6, 6.07) is 0. The van der Waals surface area contributed by atoms with E-state index in [2.05, 4.69) is 19.9 Å². The molecule has 2 aliphatic rings. The Morgan fingerprint density at radius 2 is 2.27 bits per heavy atom. The molecule has 0 saturated carbocycles. The van der Waals surface area contributed by atoms with Crippen LogP contribution < -0.4 is 0 Å². The maximum absolute atomic E-state index is 11.3. The third kappa shape index (κ3) is 1.99. The fourth-order valence-electron chi connectivity index (χ4n) is 2.41. The number of ether oxygens (including phenoxy) is 1. The van der Waals surface area contributed by atoms with Crippen LogP contribution in [-0.4, -0.2) is 5.97 Å². The summed E-state index contributed by atoms with van der Waals surface area (Å²) in [6.45, 7) is 6.33. The predicted molar refractivity (Wildman–Crippen MR) is 59.1 cm³/mol. The minimum Gasteiger partial charge on any atom is -0.423 e. The van der Waals surface area contributed by atoms with Crippen LogP contribution in [0.25, 0.3) is 0 Å². The van der Waals surface area contributed by atoms with Crippen LogP contribution in [0.1, 0.15) is 40.0 Å². The number of hydrogen-bond acceptors (Lipinski definition) is 2. The Kier molecular flexibility index (Phi) is 2.68. The summed E-state index contributed by atoms with van der Waals surface area (Å²) in [5, 5.41) is 0. The van der Waals surface area contributed by atoms with Crippen molar-refractivity contribution in [2.75, 3.05) is 0 Å². The highest BCUT2D eigenvalue weighted by Crippen LogP contribution is 2.37. The summed E-state index contributed by atoms with van der Waals surface area (Å²) in [5.74, 6) is 1.98. The van der Waals surface area contributed by atoms with Crippen molar-refractivity contribution in [2.45, 2.75) is 40.0 Å². The summed E-state index contributed by atoms with van der Waals surface area (Å²) in [4.78, 5) is 11.3. The van der Waals surface area contributed by atoms with Gasteiger partial charge in [-0.2, -0.15) is 0 Å². The van der Waals surface area contributed by atoms with Gasteiger partial charge in [-0.1, -0.05) is 13.8 Å². The fourth-order valence-corrected chi connectivity index (χ4v) is 2.41. The van der Waals surface area contributed by atoms with Crippen molar-refractivity contribution in [2.24, 2.45) is 11.8 Å². The van der Waals surface area contributed by atoms with Crippen molar-refractivity contribution in [3.05, 3.63) is 23.0 Å². The smallest absolute Gasteiger partial charge is 0.339 e. The van der Waals surface area contributed by atoms with Crippen LogP contribution >= 0.6 is 0 Å². The summed E-state index contributed by atoms with van der Waals surface area (Å²) < 4.78 is 5.24. The molecule has 2 nitrogen and oxygen atoms in total. The second-order valence-corrected chi connectivity index (χ2v) is 4.95. The minimum atomic E-state index is -0.151. The molecule has 0 bridgehead atoms. The molecule has 1 atom stereocenters. The van der Waals surface area contributed by atoms with Gasteiger partial charge in [0.05, 0.1) is 0 Å². The molecule has 0 aromatic rings. The lowest BCUT2D eigenvalue weighted by atomic mass is 9.85. The van der Waals surface area contributed by atoms with Crippen LogP contribution in [0.4, 0.5) is 0 Å². The summed E-state index contributed by atoms with van der Waals surface area (Å²) in [5.41, 5.74) is 1.95. The molecule has 0 spiro atoms. The molecular formula is C13H18O2. The molecular weight excluding hydrogens is 188 g/mol. The van der Waals surface area contributed by atoms with Crippen LogP contribution in [0, 0.1) is 11.8 Å². The summed E-state index contributed by atoms with van der Waals surface area (Å²) in [7, 11) is 0. The van der Waals surface area contributed by atoms with Crippen molar-refractivity contribution in [1.29, 1.82) is 0 Å². The largest absolute Gasteiger partial charge is 0.423 e. The molecule has 0 aromatic carbocycles. The molecule has 0 aromatic heterocycles. The zero-order valence-electron chi connectivity index (χ0n) is 9.67. The van der Waals surface area contributed by atoms with E-state index in [4.69, 9.17) is 4.74 Å². The lowest BCUT2D eigenvalue weighted by Crippen LogP contribution is -2.08. The SMILES string of the molecule is CC1=C2CCC(CC(C)C)C=C2OC1=O. The van der Waals surface area contributed by atoms with Gasteiger partial charge in [-0.15, -0.1) is 0 Å². The standard InChI is InChI=1S/C13H18O2/c1-8(2)6-10-4-5-11-9(3)13(14)15-12(11)7-10/h7-8,10H,4-6H2,1-3H3. The Morgan fingerprint density at radius 1 is 1.53 bits per heavy atom. The minimum absolute atomic E-state index is 0.151. The van der Waals surface area contributed by atoms with Gasteiger partial charge in [0.25, 0.3) is 0 Å². The zero-order valence-corrected chi connectivity index (χ0v) is 9.67. The molecule has 0 radical (unpaired) electrons. The maximum atomic E-state index is 11.3. The Labute approximate surface area is 91.0 Å². The van der Waals surface area contributed by atoms with E-state index >= 15 is 0 Å². The van der Waals surface area contributed by atoms with Crippen LogP contribution in [0.2, 0.25) is 0 Å². The van der Waals surface area contributed by atoms with E-state index in [1.807, 2.05) is 6.92 Å². The first-order chi connectivity index (χ1) is 7.08. The number of hydrogen-bond donors (Lipinski definition) is 0. The Morgan fingerprint density at radius 3 is 2.93 bits per heavy atom. The molecule has 1 aliphatic heterocycles.